The van der Waals surface area contributed by atoms with Crippen LogP contribution in [0.4, 0.5) is 0 Å². The molecule has 0 saturated carbocycles. The second-order valence-electron chi connectivity index (χ2n) is 7.50. The standard InChI is InChI=1S/C23H27N3OS/c1-18(22-10-5-15-28-22)24-23(27)17-26-13-11-25(12-14-26)16-20-8-4-7-19-6-2-3-9-21(19)20/h2-10,15,18H,11-14,16-17H2,1H3,(H,24,27)/t18-/m1/s1. The molecule has 4 nitrogen and oxygen atoms in total. The maximum Gasteiger partial charge on any atom is 0.234 e. The van der Waals surface area contributed by atoms with Crippen LogP contribution >= 0.6 is 11.3 Å². The number of fused-ring (bicyclic) bond motifs is 1. The van der Waals surface area contributed by atoms with E-state index in [1.165, 1.54) is 21.2 Å². The molecule has 1 aromatic heterocycles. The first-order valence-electron chi connectivity index (χ1n) is 9.93. The summed E-state index contributed by atoms with van der Waals surface area (Å²) in [7, 11) is 0. The highest BCUT2D eigenvalue weighted by molar-refractivity contribution is 7.10. The summed E-state index contributed by atoms with van der Waals surface area (Å²) >= 11 is 1.69. The van der Waals surface area contributed by atoms with Crippen LogP contribution in [0.5, 0.6) is 0 Å². The summed E-state index contributed by atoms with van der Waals surface area (Å²) in [6.07, 6.45) is 0. The Morgan fingerprint density at radius 3 is 2.54 bits per heavy atom. The number of thiophene rings is 1. The fraction of sp³-hybridized carbons (Fsp3) is 0.348. The Hall–Kier alpha value is -2.21. The molecule has 0 spiro atoms. The smallest absolute Gasteiger partial charge is 0.234 e. The van der Waals surface area contributed by atoms with Crippen LogP contribution in [-0.4, -0.2) is 48.4 Å². The number of hydrogen-bond donors (Lipinski definition) is 1. The van der Waals surface area contributed by atoms with E-state index in [-0.39, 0.29) is 11.9 Å². The Balaban J connectivity index is 1.27. The molecule has 0 bridgehead atoms. The van der Waals surface area contributed by atoms with Crippen molar-refractivity contribution in [2.45, 2.75) is 19.5 Å². The zero-order valence-corrected chi connectivity index (χ0v) is 17.1. The summed E-state index contributed by atoms with van der Waals surface area (Å²) in [6, 6.07) is 19.3. The van der Waals surface area contributed by atoms with Gasteiger partial charge in [0.05, 0.1) is 12.6 Å². The van der Waals surface area contributed by atoms with Crippen molar-refractivity contribution in [2.75, 3.05) is 32.7 Å². The van der Waals surface area contributed by atoms with Crippen molar-refractivity contribution in [3.05, 3.63) is 70.4 Å². The van der Waals surface area contributed by atoms with Gasteiger partial charge in [0.25, 0.3) is 0 Å². The van der Waals surface area contributed by atoms with Gasteiger partial charge in [-0.2, -0.15) is 0 Å². The second kappa shape index (κ2) is 8.86. The summed E-state index contributed by atoms with van der Waals surface area (Å²) in [4.78, 5) is 18.3. The Morgan fingerprint density at radius 1 is 1.00 bits per heavy atom. The summed E-state index contributed by atoms with van der Waals surface area (Å²) < 4.78 is 0. The molecule has 2 aromatic carbocycles. The third-order valence-corrected chi connectivity index (χ3v) is 6.51. The van der Waals surface area contributed by atoms with Gasteiger partial charge in [-0.15, -0.1) is 11.3 Å². The zero-order valence-electron chi connectivity index (χ0n) is 16.3. The molecule has 1 N–H and O–H groups in total. The number of amides is 1. The van der Waals surface area contributed by atoms with Crippen molar-refractivity contribution in [1.29, 1.82) is 0 Å². The van der Waals surface area contributed by atoms with Gasteiger partial charge in [0.1, 0.15) is 0 Å². The summed E-state index contributed by atoms with van der Waals surface area (Å²) in [5.41, 5.74) is 1.38. The lowest BCUT2D eigenvalue weighted by Gasteiger charge is -2.34. The maximum atomic E-state index is 12.4. The molecule has 1 saturated heterocycles. The monoisotopic (exact) mass is 393 g/mol. The SMILES string of the molecule is C[C@@H](NC(=O)CN1CCN(Cc2cccc3ccccc23)CC1)c1cccs1. The van der Waals surface area contributed by atoms with Crippen LogP contribution in [0.2, 0.25) is 0 Å². The van der Waals surface area contributed by atoms with E-state index in [0.29, 0.717) is 6.54 Å². The fourth-order valence-corrected chi connectivity index (χ4v) is 4.61. The Morgan fingerprint density at radius 2 is 1.75 bits per heavy atom. The van der Waals surface area contributed by atoms with E-state index in [9.17, 15) is 4.79 Å². The zero-order chi connectivity index (χ0) is 19.3. The number of carbonyl (C=O) groups excluding carboxylic acids is 1. The van der Waals surface area contributed by atoms with Crippen molar-refractivity contribution in [1.82, 2.24) is 15.1 Å². The lowest BCUT2D eigenvalue weighted by Crippen LogP contribution is -2.49. The summed E-state index contributed by atoms with van der Waals surface area (Å²) in [5.74, 6) is 0.114. The van der Waals surface area contributed by atoms with Crippen LogP contribution in [0.1, 0.15) is 23.4 Å². The van der Waals surface area contributed by atoms with Gasteiger partial charge in [-0.25, -0.2) is 0 Å². The molecule has 0 unspecified atom stereocenters. The van der Waals surface area contributed by atoms with E-state index in [1.807, 2.05) is 18.4 Å². The Kier molecular flexibility index (Phi) is 6.05. The number of carbonyl (C=O) groups is 1. The molecule has 1 fully saturated rings. The largest absolute Gasteiger partial charge is 0.348 e. The van der Waals surface area contributed by atoms with Crippen LogP contribution < -0.4 is 5.32 Å². The lowest BCUT2D eigenvalue weighted by molar-refractivity contribution is -0.123. The van der Waals surface area contributed by atoms with E-state index in [0.717, 1.165) is 32.7 Å². The fourth-order valence-electron chi connectivity index (χ4n) is 3.88. The predicted octanol–water partition coefficient (Wildman–Crippen LogP) is 3.90. The first kappa shape index (κ1) is 19.1. The number of nitrogens with one attached hydrogen (secondary N) is 1. The predicted molar refractivity (Wildman–Crippen MR) is 117 cm³/mol. The molecule has 2 heterocycles. The molecule has 3 aromatic rings. The minimum Gasteiger partial charge on any atom is -0.348 e. The molecule has 146 valence electrons. The van der Waals surface area contributed by atoms with Gasteiger partial charge in [-0.3, -0.25) is 14.6 Å². The van der Waals surface area contributed by atoms with Crippen LogP contribution in [0, 0.1) is 0 Å². The number of hydrogen-bond acceptors (Lipinski definition) is 4. The highest BCUT2D eigenvalue weighted by atomic mass is 32.1. The van der Waals surface area contributed by atoms with Gasteiger partial charge < -0.3 is 5.32 Å². The summed E-state index contributed by atoms with van der Waals surface area (Å²) in [6.45, 7) is 7.37. The maximum absolute atomic E-state index is 12.4. The molecule has 0 radical (unpaired) electrons. The van der Waals surface area contributed by atoms with E-state index in [1.54, 1.807) is 11.3 Å². The topological polar surface area (TPSA) is 35.6 Å². The molecule has 1 atom stereocenters. The van der Waals surface area contributed by atoms with Crippen LogP contribution in [0.25, 0.3) is 10.8 Å². The molecule has 1 aliphatic heterocycles. The van der Waals surface area contributed by atoms with Crippen molar-refractivity contribution in [3.63, 3.8) is 0 Å². The Labute approximate surface area is 170 Å². The molecule has 4 rings (SSSR count). The minimum absolute atomic E-state index is 0.0835. The molecule has 1 aliphatic rings. The van der Waals surface area contributed by atoms with E-state index in [2.05, 4.69) is 63.6 Å². The van der Waals surface area contributed by atoms with Crippen molar-refractivity contribution < 1.29 is 4.79 Å². The number of nitrogens with zero attached hydrogens (tertiary/aromatic N) is 2. The van der Waals surface area contributed by atoms with Crippen LogP contribution in [0.3, 0.4) is 0 Å². The number of piperazine rings is 1. The molecule has 5 heteroatoms. The highest BCUT2D eigenvalue weighted by Gasteiger charge is 2.20. The summed E-state index contributed by atoms with van der Waals surface area (Å²) in [5, 5.41) is 7.81. The van der Waals surface area contributed by atoms with Gasteiger partial charge in [0.15, 0.2) is 0 Å². The first-order valence-corrected chi connectivity index (χ1v) is 10.8. The van der Waals surface area contributed by atoms with Gasteiger partial charge in [0.2, 0.25) is 5.91 Å². The molecular weight excluding hydrogens is 366 g/mol. The normalized spacial score (nSPS) is 16.9. The van der Waals surface area contributed by atoms with Crippen molar-refractivity contribution in [2.24, 2.45) is 0 Å². The van der Waals surface area contributed by atoms with Crippen molar-refractivity contribution in [3.8, 4) is 0 Å². The van der Waals surface area contributed by atoms with E-state index in [4.69, 9.17) is 0 Å². The molecular formula is C23H27N3OS. The van der Waals surface area contributed by atoms with Gasteiger partial charge in [-0.05, 0) is 34.7 Å². The van der Waals surface area contributed by atoms with Crippen LogP contribution in [0.15, 0.2) is 60.0 Å². The lowest BCUT2D eigenvalue weighted by atomic mass is 10.0. The molecule has 0 aliphatic carbocycles. The third kappa shape index (κ3) is 4.61. The van der Waals surface area contributed by atoms with E-state index < -0.39 is 0 Å². The average Bonchev–Trinajstić information content (AvgIpc) is 3.25. The second-order valence-corrected chi connectivity index (χ2v) is 8.47. The molecule has 1 amide bonds. The Bertz CT molecular complexity index is 911. The van der Waals surface area contributed by atoms with Gasteiger partial charge in [-0.1, -0.05) is 48.5 Å². The van der Waals surface area contributed by atoms with Crippen LogP contribution in [-0.2, 0) is 11.3 Å². The third-order valence-electron chi connectivity index (χ3n) is 5.45. The molecule has 28 heavy (non-hydrogen) atoms. The minimum atomic E-state index is 0.0835. The quantitative estimate of drug-likeness (QED) is 0.690. The van der Waals surface area contributed by atoms with E-state index >= 15 is 0 Å². The van der Waals surface area contributed by atoms with Gasteiger partial charge >= 0.3 is 0 Å². The highest BCUT2D eigenvalue weighted by Crippen LogP contribution is 2.21. The van der Waals surface area contributed by atoms with Gasteiger partial charge in [0, 0.05) is 37.6 Å². The number of benzene rings is 2. The van der Waals surface area contributed by atoms with Crippen molar-refractivity contribution >= 4 is 28.0 Å². The first-order chi connectivity index (χ1) is 13.7. The average molecular weight is 394 g/mol. The number of rotatable bonds is 6.